The van der Waals surface area contributed by atoms with Crippen LogP contribution in [0.4, 0.5) is 0 Å². The second kappa shape index (κ2) is 4.75. The van der Waals surface area contributed by atoms with E-state index in [1.54, 1.807) is 12.1 Å². The Morgan fingerprint density at radius 2 is 1.94 bits per heavy atom. The fourth-order valence-corrected chi connectivity index (χ4v) is 1.69. The molecule has 2 aromatic rings. The summed E-state index contributed by atoms with van der Waals surface area (Å²) >= 11 is 0. The van der Waals surface area contributed by atoms with E-state index in [2.05, 4.69) is 0 Å². The lowest BCUT2D eigenvalue weighted by Crippen LogP contribution is -2.04. The van der Waals surface area contributed by atoms with Gasteiger partial charge in [-0.3, -0.25) is 4.79 Å². The monoisotopic (exact) mass is 246 g/mol. The van der Waals surface area contributed by atoms with Crippen LogP contribution in [-0.4, -0.2) is 22.2 Å². The Morgan fingerprint density at radius 1 is 1.17 bits per heavy atom. The molecule has 5 nitrogen and oxygen atoms in total. The van der Waals surface area contributed by atoms with Crippen molar-refractivity contribution in [3.63, 3.8) is 0 Å². The summed E-state index contributed by atoms with van der Waals surface area (Å²) < 4.78 is 5.19. The van der Waals surface area contributed by atoms with Crippen molar-refractivity contribution in [1.82, 2.24) is 0 Å². The third-order valence-corrected chi connectivity index (χ3v) is 2.49. The average molecular weight is 246 g/mol. The van der Waals surface area contributed by atoms with Crippen LogP contribution in [0, 0.1) is 0 Å². The third kappa shape index (κ3) is 2.40. The van der Waals surface area contributed by atoms with Crippen LogP contribution in [0.1, 0.15) is 15.9 Å². The molecular weight excluding hydrogens is 236 g/mol. The second-order valence-corrected chi connectivity index (χ2v) is 3.72. The van der Waals surface area contributed by atoms with Crippen molar-refractivity contribution >= 4 is 11.9 Å². The highest BCUT2D eigenvalue weighted by Crippen LogP contribution is 2.26. The van der Waals surface area contributed by atoms with Crippen molar-refractivity contribution < 1.29 is 24.2 Å². The molecule has 0 spiro atoms. The molecule has 0 atom stereocenters. The summed E-state index contributed by atoms with van der Waals surface area (Å²) in [5, 5.41) is 17.8. The Bertz CT molecular complexity index is 583. The van der Waals surface area contributed by atoms with Gasteiger partial charge in [-0.25, -0.2) is 4.79 Å². The van der Waals surface area contributed by atoms with Gasteiger partial charge in [0.05, 0.1) is 18.2 Å². The van der Waals surface area contributed by atoms with E-state index in [9.17, 15) is 9.59 Å². The molecule has 0 saturated carbocycles. The Morgan fingerprint density at radius 3 is 2.50 bits per heavy atom. The van der Waals surface area contributed by atoms with Gasteiger partial charge in [0.2, 0.25) is 0 Å². The van der Waals surface area contributed by atoms with Crippen molar-refractivity contribution in [2.75, 3.05) is 0 Å². The fourth-order valence-electron chi connectivity index (χ4n) is 1.69. The summed E-state index contributed by atoms with van der Waals surface area (Å²) in [6.07, 6.45) is 1.27. The second-order valence-electron chi connectivity index (χ2n) is 3.72. The van der Waals surface area contributed by atoms with Crippen molar-refractivity contribution in [2.24, 2.45) is 0 Å². The smallest absolute Gasteiger partial charge is 0.335 e. The molecule has 2 rings (SSSR count). The first-order chi connectivity index (χ1) is 8.58. The zero-order valence-corrected chi connectivity index (χ0v) is 9.29. The SMILES string of the molecule is O=C(O)Cc1ccc(C(=O)O)cc1-c1ccco1. The molecule has 1 heterocycles. The fraction of sp³-hybridized carbons (Fsp3) is 0.0769. The molecule has 0 amide bonds. The summed E-state index contributed by atoms with van der Waals surface area (Å²) in [4.78, 5) is 21.7. The predicted octanol–water partition coefficient (Wildman–Crippen LogP) is 2.27. The van der Waals surface area contributed by atoms with Crippen LogP contribution in [0.5, 0.6) is 0 Å². The average Bonchev–Trinajstić information content (AvgIpc) is 2.81. The molecule has 18 heavy (non-hydrogen) atoms. The van der Waals surface area contributed by atoms with Crippen LogP contribution in [-0.2, 0) is 11.2 Å². The molecule has 0 aliphatic heterocycles. The van der Waals surface area contributed by atoms with Gasteiger partial charge < -0.3 is 14.6 Å². The highest BCUT2D eigenvalue weighted by atomic mass is 16.4. The number of aromatic carboxylic acids is 1. The van der Waals surface area contributed by atoms with E-state index >= 15 is 0 Å². The predicted molar refractivity (Wildman–Crippen MR) is 62.4 cm³/mol. The lowest BCUT2D eigenvalue weighted by Gasteiger charge is -2.06. The van der Waals surface area contributed by atoms with Crippen LogP contribution >= 0.6 is 0 Å². The summed E-state index contributed by atoms with van der Waals surface area (Å²) in [5.74, 6) is -1.59. The number of aliphatic carboxylic acids is 1. The van der Waals surface area contributed by atoms with Gasteiger partial charge in [0.25, 0.3) is 0 Å². The Hall–Kier alpha value is -2.56. The zero-order valence-electron chi connectivity index (χ0n) is 9.29. The Kier molecular flexibility index (Phi) is 3.14. The summed E-state index contributed by atoms with van der Waals surface area (Å²) in [5.41, 5.74) is 1.10. The lowest BCUT2D eigenvalue weighted by molar-refractivity contribution is -0.136. The molecule has 2 N–H and O–H groups in total. The molecule has 1 aromatic carbocycles. The van der Waals surface area contributed by atoms with E-state index in [0.717, 1.165) is 0 Å². The first-order valence-electron chi connectivity index (χ1n) is 5.20. The standard InChI is InChI=1S/C13H10O5/c14-12(15)7-8-3-4-9(13(16)17)6-10(8)11-2-1-5-18-11/h1-6H,7H2,(H,14,15)(H,16,17). The van der Waals surface area contributed by atoms with E-state index in [1.165, 1.54) is 24.5 Å². The van der Waals surface area contributed by atoms with Crippen molar-refractivity contribution in [3.8, 4) is 11.3 Å². The molecule has 0 saturated heterocycles. The minimum Gasteiger partial charge on any atom is -0.481 e. The number of carboxylic acid groups (broad SMARTS) is 2. The molecule has 0 aliphatic rings. The summed E-state index contributed by atoms with van der Waals surface area (Å²) in [6, 6.07) is 7.61. The molecule has 5 heteroatoms. The van der Waals surface area contributed by atoms with Crippen LogP contribution in [0.25, 0.3) is 11.3 Å². The van der Waals surface area contributed by atoms with Gasteiger partial charge in [0.1, 0.15) is 5.76 Å². The number of carbonyl (C=O) groups is 2. The van der Waals surface area contributed by atoms with Gasteiger partial charge in [0.15, 0.2) is 0 Å². The van der Waals surface area contributed by atoms with E-state index < -0.39 is 11.9 Å². The maximum Gasteiger partial charge on any atom is 0.335 e. The lowest BCUT2D eigenvalue weighted by atomic mass is 9.99. The largest absolute Gasteiger partial charge is 0.481 e. The van der Waals surface area contributed by atoms with Crippen LogP contribution < -0.4 is 0 Å². The third-order valence-electron chi connectivity index (χ3n) is 2.49. The highest BCUT2D eigenvalue weighted by molar-refractivity contribution is 5.90. The quantitative estimate of drug-likeness (QED) is 0.863. The van der Waals surface area contributed by atoms with Gasteiger partial charge in [-0.2, -0.15) is 0 Å². The number of benzene rings is 1. The van der Waals surface area contributed by atoms with E-state index in [-0.39, 0.29) is 12.0 Å². The van der Waals surface area contributed by atoms with Crippen molar-refractivity contribution in [2.45, 2.75) is 6.42 Å². The molecule has 0 bridgehead atoms. The molecule has 0 aliphatic carbocycles. The zero-order chi connectivity index (χ0) is 13.1. The van der Waals surface area contributed by atoms with Gasteiger partial charge in [-0.1, -0.05) is 6.07 Å². The summed E-state index contributed by atoms with van der Waals surface area (Å²) in [6.45, 7) is 0. The number of rotatable bonds is 4. The molecule has 92 valence electrons. The number of furan rings is 1. The van der Waals surface area contributed by atoms with Crippen molar-refractivity contribution in [1.29, 1.82) is 0 Å². The summed E-state index contributed by atoms with van der Waals surface area (Å²) in [7, 11) is 0. The number of hydrogen-bond acceptors (Lipinski definition) is 3. The van der Waals surface area contributed by atoms with Crippen LogP contribution in [0.3, 0.4) is 0 Å². The molecule has 0 unspecified atom stereocenters. The van der Waals surface area contributed by atoms with Crippen LogP contribution in [0.2, 0.25) is 0 Å². The molecule has 0 radical (unpaired) electrons. The number of hydrogen-bond donors (Lipinski definition) is 2. The maximum atomic E-state index is 10.9. The van der Waals surface area contributed by atoms with Crippen molar-refractivity contribution in [3.05, 3.63) is 47.7 Å². The Labute approximate surface area is 102 Å². The highest BCUT2D eigenvalue weighted by Gasteiger charge is 2.14. The molecule has 0 fully saturated rings. The molecule has 1 aromatic heterocycles. The molecular formula is C13H10O5. The van der Waals surface area contributed by atoms with E-state index in [0.29, 0.717) is 16.9 Å². The number of carboxylic acids is 2. The minimum absolute atomic E-state index is 0.0931. The minimum atomic E-state index is -1.07. The van der Waals surface area contributed by atoms with Gasteiger partial charge >= 0.3 is 11.9 Å². The Balaban J connectivity index is 2.53. The van der Waals surface area contributed by atoms with Crippen LogP contribution in [0.15, 0.2) is 41.0 Å². The van der Waals surface area contributed by atoms with Gasteiger partial charge in [-0.05, 0) is 29.8 Å². The first kappa shape index (κ1) is 11.9. The normalized spacial score (nSPS) is 10.2. The topological polar surface area (TPSA) is 87.7 Å². The van der Waals surface area contributed by atoms with E-state index in [1.807, 2.05) is 0 Å². The van der Waals surface area contributed by atoms with Gasteiger partial charge in [-0.15, -0.1) is 0 Å². The maximum absolute atomic E-state index is 10.9. The van der Waals surface area contributed by atoms with Gasteiger partial charge in [0, 0.05) is 5.56 Å². The van der Waals surface area contributed by atoms with E-state index in [4.69, 9.17) is 14.6 Å². The first-order valence-corrected chi connectivity index (χ1v) is 5.20.